The van der Waals surface area contributed by atoms with Gasteiger partial charge in [-0.15, -0.1) is 0 Å². The number of nitrogens with one attached hydrogen (secondary N) is 2. The summed E-state index contributed by atoms with van der Waals surface area (Å²) in [7, 11) is 0. The van der Waals surface area contributed by atoms with Gasteiger partial charge in [0.1, 0.15) is 6.04 Å². The largest absolute Gasteiger partial charge is 0.416 e. The molecule has 2 heterocycles. The molecular weight excluding hydrogens is 437 g/mol. The van der Waals surface area contributed by atoms with Crippen LogP contribution in [0.3, 0.4) is 0 Å². The fourth-order valence-corrected chi connectivity index (χ4v) is 4.15. The predicted molar refractivity (Wildman–Crippen MR) is 118 cm³/mol. The lowest BCUT2D eigenvalue weighted by Crippen LogP contribution is -2.53. The van der Waals surface area contributed by atoms with E-state index >= 15 is 0 Å². The van der Waals surface area contributed by atoms with E-state index in [1.54, 1.807) is 4.90 Å². The fraction of sp³-hybridized carbons (Fsp3) is 0.391. The van der Waals surface area contributed by atoms with Crippen LogP contribution in [0, 0.1) is 0 Å². The molecule has 0 aliphatic carbocycles. The van der Waals surface area contributed by atoms with Crippen molar-refractivity contribution in [1.82, 2.24) is 5.32 Å². The maximum atomic E-state index is 13.0. The van der Waals surface area contributed by atoms with Crippen LogP contribution >= 0.6 is 0 Å². The quantitative estimate of drug-likeness (QED) is 0.649. The SMILES string of the molecule is O=C(Nc1ccc(C(F)(F)F)cc1)N[C@@H]1CCCN(c2ccc(N3CC[C@@H](O)C3)cc2)C1=O. The minimum atomic E-state index is -4.45. The zero-order valence-electron chi connectivity index (χ0n) is 17.8. The van der Waals surface area contributed by atoms with E-state index in [4.69, 9.17) is 0 Å². The first-order chi connectivity index (χ1) is 15.7. The average Bonchev–Trinajstić information content (AvgIpc) is 3.21. The van der Waals surface area contributed by atoms with Crippen molar-refractivity contribution in [2.45, 2.75) is 37.6 Å². The number of halogens is 3. The van der Waals surface area contributed by atoms with E-state index in [0.717, 1.165) is 36.5 Å². The van der Waals surface area contributed by atoms with Crippen LogP contribution in [0.4, 0.5) is 35.0 Å². The molecule has 0 unspecified atom stereocenters. The summed E-state index contributed by atoms with van der Waals surface area (Å²) in [4.78, 5) is 29.0. The number of aliphatic hydroxyl groups is 1. The predicted octanol–water partition coefficient (Wildman–Crippen LogP) is 3.59. The van der Waals surface area contributed by atoms with Gasteiger partial charge in [0.25, 0.3) is 0 Å². The van der Waals surface area contributed by atoms with Crippen molar-refractivity contribution in [3.05, 3.63) is 54.1 Å². The van der Waals surface area contributed by atoms with Crippen LogP contribution < -0.4 is 20.4 Å². The van der Waals surface area contributed by atoms with Gasteiger partial charge < -0.3 is 25.5 Å². The third kappa shape index (κ3) is 5.39. The highest BCUT2D eigenvalue weighted by Crippen LogP contribution is 2.30. The Kier molecular flexibility index (Phi) is 6.46. The minimum absolute atomic E-state index is 0.197. The molecule has 0 spiro atoms. The van der Waals surface area contributed by atoms with Gasteiger partial charge in [-0.05, 0) is 67.8 Å². The molecule has 4 rings (SSSR count). The molecule has 2 aliphatic rings. The van der Waals surface area contributed by atoms with Gasteiger partial charge in [-0.3, -0.25) is 4.79 Å². The summed E-state index contributed by atoms with van der Waals surface area (Å²) in [6, 6.07) is 10.2. The monoisotopic (exact) mass is 462 g/mol. The summed E-state index contributed by atoms with van der Waals surface area (Å²) < 4.78 is 38.0. The van der Waals surface area contributed by atoms with Crippen LogP contribution in [0.5, 0.6) is 0 Å². The van der Waals surface area contributed by atoms with Gasteiger partial charge in [0, 0.05) is 36.7 Å². The summed E-state index contributed by atoms with van der Waals surface area (Å²) in [6.07, 6.45) is -2.88. The number of nitrogens with zero attached hydrogens (tertiary/aromatic N) is 2. The smallest absolute Gasteiger partial charge is 0.391 e. The molecule has 2 atom stereocenters. The molecule has 2 saturated heterocycles. The van der Waals surface area contributed by atoms with Crippen molar-refractivity contribution >= 4 is 29.0 Å². The zero-order chi connectivity index (χ0) is 23.6. The van der Waals surface area contributed by atoms with Crippen LogP contribution in [0.2, 0.25) is 0 Å². The van der Waals surface area contributed by atoms with Gasteiger partial charge in [-0.25, -0.2) is 4.79 Å². The Hall–Kier alpha value is -3.27. The van der Waals surface area contributed by atoms with Crippen molar-refractivity contribution in [3.8, 4) is 0 Å². The summed E-state index contributed by atoms with van der Waals surface area (Å²) in [5.41, 5.74) is 1.09. The molecule has 0 saturated carbocycles. The summed E-state index contributed by atoms with van der Waals surface area (Å²) >= 11 is 0. The third-order valence-electron chi connectivity index (χ3n) is 5.90. The molecule has 10 heteroatoms. The Morgan fingerprint density at radius 1 is 0.970 bits per heavy atom. The van der Waals surface area contributed by atoms with Crippen LogP contribution in [0.25, 0.3) is 0 Å². The van der Waals surface area contributed by atoms with E-state index in [2.05, 4.69) is 15.5 Å². The number of benzene rings is 2. The molecule has 0 radical (unpaired) electrons. The molecule has 0 aromatic heterocycles. The molecule has 176 valence electrons. The second-order valence-electron chi connectivity index (χ2n) is 8.26. The van der Waals surface area contributed by atoms with Gasteiger partial charge >= 0.3 is 12.2 Å². The van der Waals surface area contributed by atoms with E-state index in [1.165, 1.54) is 12.1 Å². The van der Waals surface area contributed by atoms with E-state index in [-0.39, 0.29) is 17.7 Å². The highest BCUT2D eigenvalue weighted by Gasteiger charge is 2.32. The standard InChI is InChI=1S/C23H25F3N4O3/c24-23(25,26)15-3-5-16(6-4-15)27-22(33)28-20-2-1-12-30(21(20)32)18-9-7-17(8-10-18)29-13-11-19(31)14-29/h3-10,19-20,31H,1-2,11-14H2,(H2,27,28,33)/t19-,20-/m1/s1. The number of carbonyl (C=O) groups is 2. The first-order valence-electron chi connectivity index (χ1n) is 10.8. The van der Waals surface area contributed by atoms with E-state index in [1.807, 2.05) is 24.3 Å². The number of aliphatic hydroxyl groups excluding tert-OH is 1. The fourth-order valence-electron chi connectivity index (χ4n) is 4.15. The van der Waals surface area contributed by atoms with Gasteiger partial charge in [0.05, 0.1) is 11.7 Å². The number of carbonyl (C=O) groups excluding carboxylic acids is 2. The van der Waals surface area contributed by atoms with Gasteiger partial charge in [0.15, 0.2) is 0 Å². The average molecular weight is 462 g/mol. The van der Waals surface area contributed by atoms with E-state index in [0.29, 0.717) is 25.9 Å². The lowest BCUT2D eigenvalue weighted by molar-refractivity contribution is -0.137. The number of hydrogen-bond donors (Lipinski definition) is 3. The second-order valence-corrected chi connectivity index (χ2v) is 8.26. The molecule has 2 aromatic rings. The van der Waals surface area contributed by atoms with E-state index < -0.39 is 23.8 Å². The van der Waals surface area contributed by atoms with Gasteiger partial charge in [-0.2, -0.15) is 13.2 Å². The highest BCUT2D eigenvalue weighted by molar-refractivity contribution is 6.01. The second kappa shape index (κ2) is 9.30. The number of amides is 3. The Morgan fingerprint density at radius 3 is 2.24 bits per heavy atom. The van der Waals surface area contributed by atoms with E-state index in [9.17, 15) is 27.9 Å². The summed E-state index contributed by atoms with van der Waals surface area (Å²) in [6.45, 7) is 1.89. The Bertz CT molecular complexity index is 996. The molecule has 3 amide bonds. The highest BCUT2D eigenvalue weighted by atomic mass is 19.4. The van der Waals surface area contributed by atoms with Crippen LogP contribution in [-0.4, -0.2) is 48.8 Å². The zero-order valence-corrected chi connectivity index (χ0v) is 17.8. The van der Waals surface area contributed by atoms with Crippen LogP contribution in [0.15, 0.2) is 48.5 Å². The van der Waals surface area contributed by atoms with Crippen LogP contribution in [0.1, 0.15) is 24.8 Å². The Balaban J connectivity index is 1.35. The number of urea groups is 1. The molecule has 7 nitrogen and oxygen atoms in total. The van der Waals surface area contributed by atoms with Gasteiger partial charge in [0.2, 0.25) is 5.91 Å². The molecule has 2 aliphatic heterocycles. The first kappa shape index (κ1) is 22.9. The number of alkyl halides is 3. The maximum Gasteiger partial charge on any atom is 0.416 e. The summed E-state index contributed by atoms with van der Waals surface area (Å²) in [5, 5.41) is 14.8. The Labute approximate surface area is 189 Å². The van der Waals surface area contributed by atoms with Gasteiger partial charge in [-0.1, -0.05) is 0 Å². The lowest BCUT2D eigenvalue weighted by atomic mass is 10.0. The van der Waals surface area contributed by atoms with Crippen molar-refractivity contribution in [1.29, 1.82) is 0 Å². The molecule has 2 aromatic carbocycles. The number of hydrogen-bond acceptors (Lipinski definition) is 4. The molecule has 33 heavy (non-hydrogen) atoms. The molecule has 0 bridgehead atoms. The lowest BCUT2D eigenvalue weighted by Gasteiger charge is -2.33. The normalized spacial score (nSPS) is 21.3. The number of rotatable bonds is 4. The topological polar surface area (TPSA) is 84.9 Å². The maximum absolute atomic E-state index is 13.0. The van der Waals surface area contributed by atoms with Crippen molar-refractivity contribution in [2.24, 2.45) is 0 Å². The van der Waals surface area contributed by atoms with Crippen molar-refractivity contribution in [2.75, 3.05) is 34.8 Å². The third-order valence-corrected chi connectivity index (χ3v) is 5.90. The molecule has 2 fully saturated rings. The van der Waals surface area contributed by atoms with Crippen LogP contribution in [-0.2, 0) is 11.0 Å². The Morgan fingerprint density at radius 2 is 1.64 bits per heavy atom. The number of piperidine rings is 1. The summed E-state index contributed by atoms with van der Waals surface area (Å²) in [5.74, 6) is -0.242. The van der Waals surface area contributed by atoms with Crippen molar-refractivity contribution in [3.63, 3.8) is 0 Å². The number of β-amino-alcohol motifs (C(OH)–C–C–N with tert-alkyl or cyclic N) is 1. The minimum Gasteiger partial charge on any atom is -0.391 e. The first-order valence-corrected chi connectivity index (χ1v) is 10.8. The molecule has 3 N–H and O–H groups in total. The molecular formula is C23H25F3N4O3. The van der Waals surface area contributed by atoms with Crippen molar-refractivity contribution < 1.29 is 27.9 Å². The number of anilines is 3.